The number of carbonyl (C=O) groups excluding carboxylic acids is 1. The van der Waals surface area contributed by atoms with Crippen molar-refractivity contribution in [3.63, 3.8) is 0 Å². The number of rotatable bonds is 9. The van der Waals surface area contributed by atoms with Crippen LogP contribution in [0.15, 0.2) is 89.8 Å². The van der Waals surface area contributed by atoms with Crippen LogP contribution in [0.1, 0.15) is 5.56 Å². The van der Waals surface area contributed by atoms with Crippen LogP contribution < -0.4 is 14.4 Å². The molecule has 0 bridgehead atoms. The van der Waals surface area contributed by atoms with Gasteiger partial charge >= 0.3 is 0 Å². The maximum Gasteiger partial charge on any atom is 0.264 e. The number of nitrogens with zero attached hydrogens (tertiary/aromatic N) is 1. The number of ether oxygens (including phenoxy) is 1. The Bertz CT molecular complexity index is 1470. The summed E-state index contributed by atoms with van der Waals surface area (Å²) in [4.78, 5) is 12.9. The Kier molecular flexibility index (Phi) is 8.04. The molecule has 0 heterocycles. The molecule has 6 nitrogen and oxygen atoms in total. The largest absolute Gasteiger partial charge is 0.491 e. The highest BCUT2D eigenvalue weighted by atomic mass is 35.5. The van der Waals surface area contributed by atoms with Gasteiger partial charge in [-0.05, 0) is 48.7 Å². The van der Waals surface area contributed by atoms with Crippen molar-refractivity contribution in [1.29, 1.82) is 0 Å². The molecule has 4 aromatic rings. The molecule has 0 unspecified atom stereocenters. The van der Waals surface area contributed by atoms with Crippen LogP contribution in [0.2, 0.25) is 10.0 Å². The van der Waals surface area contributed by atoms with Gasteiger partial charge in [0.25, 0.3) is 10.0 Å². The maximum absolute atomic E-state index is 13.5. The minimum absolute atomic E-state index is 0.0521. The van der Waals surface area contributed by atoms with Gasteiger partial charge in [0.05, 0.1) is 17.1 Å². The molecule has 0 saturated heterocycles. The lowest BCUT2D eigenvalue weighted by Crippen LogP contribution is -2.42. The molecule has 0 aliphatic rings. The standard InChI is InChI=1S/C27H24Cl2N2O4S/c1-19-9-11-24(12-10-19)36(33,34)31(23-16-21(28)15-22(29)17-23)18-27(32)30-13-14-35-26-8-4-6-20-5-2-3-7-25(20)26/h2-12,15-17H,13-14,18H2,1H3,(H,30,32). The first-order valence-electron chi connectivity index (χ1n) is 11.2. The van der Waals surface area contributed by atoms with E-state index in [4.69, 9.17) is 27.9 Å². The van der Waals surface area contributed by atoms with Gasteiger partial charge in [-0.2, -0.15) is 0 Å². The van der Waals surface area contributed by atoms with Crippen molar-refractivity contribution >= 4 is 55.6 Å². The van der Waals surface area contributed by atoms with Gasteiger partial charge in [0, 0.05) is 15.4 Å². The molecular weight excluding hydrogens is 519 g/mol. The average Bonchev–Trinajstić information content (AvgIpc) is 2.85. The van der Waals surface area contributed by atoms with Gasteiger partial charge in [-0.15, -0.1) is 0 Å². The van der Waals surface area contributed by atoms with Crippen LogP contribution in [0.5, 0.6) is 5.75 Å². The zero-order valence-corrected chi connectivity index (χ0v) is 21.8. The van der Waals surface area contributed by atoms with Crippen LogP contribution >= 0.6 is 23.2 Å². The molecule has 186 valence electrons. The fraction of sp³-hybridized carbons (Fsp3) is 0.148. The van der Waals surface area contributed by atoms with E-state index in [-0.39, 0.29) is 33.8 Å². The normalized spacial score (nSPS) is 11.3. The fourth-order valence-corrected chi connectivity index (χ4v) is 5.61. The molecule has 1 N–H and O–H groups in total. The van der Waals surface area contributed by atoms with Crippen LogP contribution in [0.4, 0.5) is 5.69 Å². The molecule has 0 saturated carbocycles. The third-order valence-corrected chi connectivity index (χ3v) is 7.69. The van der Waals surface area contributed by atoms with E-state index in [2.05, 4.69) is 5.32 Å². The Balaban J connectivity index is 1.47. The summed E-state index contributed by atoms with van der Waals surface area (Å²) in [6.45, 7) is 1.81. The van der Waals surface area contributed by atoms with Gasteiger partial charge in [-0.1, -0.05) is 77.3 Å². The van der Waals surface area contributed by atoms with Crippen molar-refractivity contribution < 1.29 is 17.9 Å². The molecule has 0 atom stereocenters. The SMILES string of the molecule is Cc1ccc(S(=O)(=O)N(CC(=O)NCCOc2cccc3ccccc23)c2cc(Cl)cc(Cl)c2)cc1. The molecule has 0 spiro atoms. The minimum Gasteiger partial charge on any atom is -0.491 e. The highest BCUT2D eigenvalue weighted by Gasteiger charge is 2.27. The number of nitrogens with one attached hydrogen (secondary N) is 1. The molecule has 1 amide bonds. The monoisotopic (exact) mass is 542 g/mol. The Hall–Kier alpha value is -3.26. The molecule has 0 aliphatic carbocycles. The first-order valence-corrected chi connectivity index (χ1v) is 13.4. The summed E-state index contributed by atoms with van der Waals surface area (Å²) in [6, 6.07) is 24.4. The van der Waals surface area contributed by atoms with Crippen LogP contribution in [0.3, 0.4) is 0 Å². The zero-order chi connectivity index (χ0) is 25.7. The Morgan fingerprint density at radius 1 is 0.917 bits per heavy atom. The van der Waals surface area contributed by atoms with Crippen LogP contribution in [0.25, 0.3) is 10.8 Å². The summed E-state index contributed by atoms with van der Waals surface area (Å²) in [7, 11) is -4.07. The van der Waals surface area contributed by atoms with Gasteiger partial charge in [0.1, 0.15) is 18.9 Å². The Labute approximate surface area is 220 Å². The Morgan fingerprint density at radius 2 is 1.58 bits per heavy atom. The number of fused-ring (bicyclic) bond motifs is 1. The molecule has 9 heteroatoms. The zero-order valence-electron chi connectivity index (χ0n) is 19.4. The number of hydrogen-bond donors (Lipinski definition) is 1. The second kappa shape index (κ2) is 11.2. The lowest BCUT2D eigenvalue weighted by Gasteiger charge is -2.24. The van der Waals surface area contributed by atoms with Crippen LogP contribution in [0, 0.1) is 6.92 Å². The van der Waals surface area contributed by atoms with E-state index < -0.39 is 22.5 Å². The van der Waals surface area contributed by atoms with E-state index in [1.807, 2.05) is 49.4 Å². The lowest BCUT2D eigenvalue weighted by molar-refractivity contribution is -0.119. The maximum atomic E-state index is 13.5. The van der Waals surface area contributed by atoms with E-state index in [0.717, 1.165) is 20.6 Å². The molecule has 0 aromatic heterocycles. The van der Waals surface area contributed by atoms with Crippen molar-refractivity contribution in [2.45, 2.75) is 11.8 Å². The van der Waals surface area contributed by atoms with E-state index in [9.17, 15) is 13.2 Å². The predicted molar refractivity (Wildman–Crippen MR) is 145 cm³/mol. The number of sulfonamides is 1. The number of hydrogen-bond acceptors (Lipinski definition) is 4. The van der Waals surface area contributed by atoms with Crippen molar-refractivity contribution in [3.8, 4) is 5.75 Å². The number of aryl methyl sites for hydroxylation is 1. The quantitative estimate of drug-likeness (QED) is 0.269. The highest BCUT2D eigenvalue weighted by Crippen LogP contribution is 2.30. The van der Waals surface area contributed by atoms with Crippen molar-refractivity contribution in [2.75, 3.05) is 24.0 Å². The van der Waals surface area contributed by atoms with Crippen LogP contribution in [-0.4, -0.2) is 34.0 Å². The molecule has 36 heavy (non-hydrogen) atoms. The number of carbonyl (C=O) groups is 1. The first-order chi connectivity index (χ1) is 17.2. The lowest BCUT2D eigenvalue weighted by atomic mass is 10.1. The third kappa shape index (κ3) is 6.10. The third-order valence-electron chi connectivity index (χ3n) is 5.46. The minimum atomic E-state index is -4.07. The van der Waals surface area contributed by atoms with E-state index in [1.54, 1.807) is 12.1 Å². The number of benzene rings is 4. The molecule has 4 aromatic carbocycles. The average molecular weight is 543 g/mol. The molecule has 0 radical (unpaired) electrons. The van der Waals surface area contributed by atoms with E-state index >= 15 is 0 Å². The summed E-state index contributed by atoms with van der Waals surface area (Å²) < 4.78 is 33.8. The Morgan fingerprint density at radius 3 is 2.31 bits per heavy atom. The molecule has 0 fully saturated rings. The highest BCUT2D eigenvalue weighted by molar-refractivity contribution is 7.92. The van der Waals surface area contributed by atoms with Crippen molar-refractivity contribution in [1.82, 2.24) is 5.32 Å². The van der Waals surface area contributed by atoms with Gasteiger partial charge < -0.3 is 10.1 Å². The van der Waals surface area contributed by atoms with Gasteiger partial charge in [0.15, 0.2) is 0 Å². The number of amides is 1. The van der Waals surface area contributed by atoms with Gasteiger partial charge in [-0.3, -0.25) is 9.10 Å². The first kappa shape index (κ1) is 25.8. The number of halogens is 2. The second-order valence-electron chi connectivity index (χ2n) is 8.13. The second-order valence-corrected chi connectivity index (χ2v) is 10.9. The van der Waals surface area contributed by atoms with E-state index in [0.29, 0.717) is 5.75 Å². The molecule has 4 rings (SSSR count). The summed E-state index contributed by atoms with van der Waals surface area (Å²) >= 11 is 12.3. The summed E-state index contributed by atoms with van der Waals surface area (Å²) in [5.74, 6) is 0.211. The topological polar surface area (TPSA) is 75.7 Å². The summed E-state index contributed by atoms with van der Waals surface area (Å²) in [6.07, 6.45) is 0. The van der Waals surface area contributed by atoms with Crippen LogP contribution in [-0.2, 0) is 14.8 Å². The van der Waals surface area contributed by atoms with Crippen molar-refractivity contribution in [2.24, 2.45) is 0 Å². The molecule has 0 aliphatic heterocycles. The van der Waals surface area contributed by atoms with Gasteiger partial charge in [0.2, 0.25) is 5.91 Å². The van der Waals surface area contributed by atoms with E-state index in [1.165, 1.54) is 30.3 Å². The predicted octanol–water partition coefficient (Wildman–Crippen LogP) is 5.85. The molecular formula is C27H24Cl2N2O4S. The van der Waals surface area contributed by atoms with Gasteiger partial charge in [-0.25, -0.2) is 8.42 Å². The number of anilines is 1. The smallest absolute Gasteiger partial charge is 0.264 e. The summed E-state index contributed by atoms with van der Waals surface area (Å²) in [5, 5.41) is 5.26. The summed E-state index contributed by atoms with van der Waals surface area (Å²) in [5.41, 5.74) is 1.10. The fourth-order valence-electron chi connectivity index (χ4n) is 3.70. The van der Waals surface area contributed by atoms with Crippen molar-refractivity contribution in [3.05, 3.63) is 101 Å².